The minimum atomic E-state index is -0.360. The standard InChI is InChI=1S/C22H20N2O4/c25-20-10-5-12-24(20)18-7-4-6-17(14-18)23-22(26)21-16(11-13-27-21)15-28-19-8-2-1-3-9-19/h1-4,6-9,11,13-14H,5,10,12,15H2,(H,23,26). The average molecular weight is 376 g/mol. The lowest BCUT2D eigenvalue weighted by atomic mass is 10.2. The van der Waals surface area contributed by atoms with Crippen molar-refractivity contribution in [2.24, 2.45) is 0 Å². The number of nitrogens with one attached hydrogen (secondary N) is 1. The van der Waals surface area contributed by atoms with Crippen LogP contribution < -0.4 is 15.0 Å². The molecule has 28 heavy (non-hydrogen) atoms. The van der Waals surface area contributed by atoms with Crippen LogP contribution in [0.4, 0.5) is 11.4 Å². The van der Waals surface area contributed by atoms with Crippen molar-refractivity contribution >= 4 is 23.2 Å². The molecule has 1 aliphatic heterocycles. The number of carbonyl (C=O) groups excluding carboxylic acids is 2. The van der Waals surface area contributed by atoms with Gasteiger partial charge in [0.15, 0.2) is 5.76 Å². The number of ether oxygens (including phenoxy) is 1. The van der Waals surface area contributed by atoms with Crippen LogP contribution >= 0.6 is 0 Å². The Balaban J connectivity index is 1.44. The van der Waals surface area contributed by atoms with Crippen molar-refractivity contribution in [2.45, 2.75) is 19.4 Å². The summed E-state index contributed by atoms with van der Waals surface area (Å²) in [7, 11) is 0. The lowest BCUT2D eigenvalue weighted by molar-refractivity contribution is -0.117. The maximum atomic E-state index is 12.7. The van der Waals surface area contributed by atoms with Crippen LogP contribution in [0.15, 0.2) is 71.3 Å². The molecule has 2 amide bonds. The Hall–Kier alpha value is -3.54. The first-order chi connectivity index (χ1) is 13.7. The van der Waals surface area contributed by atoms with E-state index < -0.39 is 0 Å². The number of para-hydroxylation sites is 1. The number of amides is 2. The molecule has 0 unspecified atom stereocenters. The Morgan fingerprint density at radius 3 is 2.75 bits per heavy atom. The minimum Gasteiger partial charge on any atom is -0.489 e. The normalized spacial score (nSPS) is 13.6. The Labute approximate surface area is 162 Å². The lowest BCUT2D eigenvalue weighted by Crippen LogP contribution is -2.23. The highest BCUT2D eigenvalue weighted by atomic mass is 16.5. The quantitative estimate of drug-likeness (QED) is 0.699. The first-order valence-electron chi connectivity index (χ1n) is 9.17. The Morgan fingerprint density at radius 2 is 1.96 bits per heavy atom. The fourth-order valence-corrected chi connectivity index (χ4v) is 3.19. The monoisotopic (exact) mass is 376 g/mol. The number of carbonyl (C=O) groups is 2. The maximum Gasteiger partial charge on any atom is 0.291 e. The first-order valence-corrected chi connectivity index (χ1v) is 9.17. The number of nitrogens with zero attached hydrogens (tertiary/aromatic N) is 1. The molecule has 1 aliphatic rings. The summed E-state index contributed by atoms with van der Waals surface area (Å²) < 4.78 is 11.1. The smallest absolute Gasteiger partial charge is 0.291 e. The van der Waals surface area contributed by atoms with Gasteiger partial charge in [0, 0.05) is 29.9 Å². The zero-order valence-electron chi connectivity index (χ0n) is 15.3. The summed E-state index contributed by atoms with van der Waals surface area (Å²) in [6, 6.07) is 18.4. The molecule has 4 rings (SSSR count). The molecule has 6 heteroatoms. The van der Waals surface area contributed by atoms with Gasteiger partial charge in [-0.1, -0.05) is 24.3 Å². The molecule has 0 saturated carbocycles. The van der Waals surface area contributed by atoms with E-state index in [4.69, 9.17) is 9.15 Å². The fourth-order valence-electron chi connectivity index (χ4n) is 3.19. The van der Waals surface area contributed by atoms with Crippen molar-refractivity contribution in [3.63, 3.8) is 0 Å². The third-order valence-electron chi connectivity index (χ3n) is 4.58. The van der Waals surface area contributed by atoms with Gasteiger partial charge in [-0.05, 0) is 42.8 Å². The molecule has 0 aliphatic carbocycles. The summed E-state index contributed by atoms with van der Waals surface area (Å²) in [4.78, 5) is 26.3. The van der Waals surface area contributed by atoms with Crippen molar-refractivity contribution in [1.82, 2.24) is 0 Å². The molecular formula is C22H20N2O4. The summed E-state index contributed by atoms with van der Waals surface area (Å²) in [5.74, 6) is 0.674. The van der Waals surface area contributed by atoms with E-state index in [2.05, 4.69) is 5.32 Å². The SMILES string of the molecule is O=C(Nc1cccc(N2CCCC2=O)c1)c1occc1COc1ccccc1. The molecule has 0 bridgehead atoms. The van der Waals surface area contributed by atoms with Crippen LogP contribution in [0.2, 0.25) is 0 Å². The number of hydrogen-bond donors (Lipinski definition) is 1. The van der Waals surface area contributed by atoms with Crippen molar-refractivity contribution in [3.05, 3.63) is 78.3 Å². The van der Waals surface area contributed by atoms with Gasteiger partial charge >= 0.3 is 0 Å². The minimum absolute atomic E-state index is 0.106. The first kappa shape index (κ1) is 17.9. The maximum absolute atomic E-state index is 12.7. The van der Waals surface area contributed by atoms with E-state index in [1.165, 1.54) is 6.26 Å². The van der Waals surface area contributed by atoms with Crippen molar-refractivity contribution in [3.8, 4) is 5.75 Å². The van der Waals surface area contributed by atoms with Gasteiger partial charge in [0.25, 0.3) is 5.91 Å². The van der Waals surface area contributed by atoms with Crippen molar-refractivity contribution in [1.29, 1.82) is 0 Å². The second-order valence-electron chi connectivity index (χ2n) is 6.53. The van der Waals surface area contributed by atoms with Crippen LogP contribution in [-0.2, 0) is 11.4 Å². The van der Waals surface area contributed by atoms with E-state index in [1.807, 2.05) is 42.5 Å². The molecule has 6 nitrogen and oxygen atoms in total. The van der Waals surface area contributed by atoms with Crippen LogP contribution in [0.1, 0.15) is 29.0 Å². The summed E-state index contributed by atoms with van der Waals surface area (Å²) >= 11 is 0. The number of furan rings is 1. The molecule has 142 valence electrons. The molecule has 2 heterocycles. The van der Waals surface area contributed by atoms with Crippen molar-refractivity contribution < 1.29 is 18.7 Å². The van der Waals surface area contributed by atoms with Crippen LogP contribution in [0.3, 0.4) is 0 Å². The highest BCUT2D eigenvalue weighted by molar-refractivity contribution is 6.04. The molecule has 2 aromatic carbocycles. The molecule has 0 spiro atoms. The Bertz CT molecular complexity index is 981. The highest BCUT2D eigenvalue weighted by Crippen LogP contribution is 2.25. The van der Waals surface area contributed by atoms with Gasteiger partial charge in [0.1, 0.15) is 12.4 Å². The number of anilines is 2. The van der Waals surface area contributed by atoms with Crippen LogP contribution in [0.5, 0.6) is 5.75 Å². The molecule has 1 N–H and O–H groups in total. The van der Waals surface area contributed by atoms with Gasteiger partial charge in [-0.2, -0.15) is 0 Å². The lowest BCUT2D eigenvalue weighted by Gasteiger charge is -2.16. The van der Waals surface area contributed by atoms with E-state index in [9.17, 15) is 9.59 Å². The van der Waals surface area contributed by atoms with E-state index >= 15 is 0 Å². The molecule has 1 fully saturated rings. The topological polar surface area (TPSA) is 71.8 Å². The fraction of sp³-hybridized carbons (Fsp3) is 0.182. The summed E-state index contributed by atoms with van der Waals surface area (Å²) in [6.45, 7) is 0.932. The van der Waals surface area contributed by atoms with Crippen LogP contribution in [-0.4, -0.2) is 18.4 Å². The van der Waals surface area contributed by atoms with Gasteiger partial charge in [0.2, 0.25) is 5.91 Å². The number of hydrogen-bond acceptors (Lipinski definition) is 4. The average Bonchev–Trinajstić information content (AvgIpc) is 3.36. The van der Waals surface area contributed by atoms with Gasteiger partial charge in [-0.25, -0.2) is 0 Å². The van der Waals surface area contributed by atoms with Gasteiger partial charge in [-0.15, -0.1) is 0 Å². The molecular weight excluding hydrogens is 356 g/mol. The highest BCUT2D eigenvalue weighted by Gasteiger charge is 2.22. The van der Waals surface area contributed by atoms with Crippen molar-refractivity contribution in [2.75, 3.05) is 16.8 Å². The largest absolute Gasteiger partial charge is 0.489 e. The van der Waals surface area contributed by atoms with E-state index in [0.717, 1.165) is 17.9 Å². The second-order valence-corrected chi connectivity index (χ2v) is 6.53. The zero-order chi connectivity index (χ0) is 19.3. The van der Waals surface area contributed by atoms with Gasteiger partial charge in [-0.3, -0.25) is 9.59 Å². The zero-order valence-corrected chi connectivity index (χ0v) is 15.3. The molecule has 0 atom stereocenters. The summed E-state index contributed by atoms with van der Waals surface area (Å²) in [6.07, 6.45) is 2.89. The number of rotatable bonds is 6. The second kappa shape index (κ2) is 8.00. The third kappa shape index (κ3) is 3.91. The molecule has 0 radical (unpaired) electrons. The molecule has 1 aromatic heterocycles. The molecule has 1 saturated heterocycles. The predicted molar refractivity (Wildman–Crippen MR) is 105 cm³/mol. The summed E-state index contributed by atoms with van der Waals surface area (Å²) in [5.41, 5.74) is 2.05. The van der Waals surface area contributed by atoms with E-state index in [0.29, 0.717) is 24.2 Å². The number of benzene rings is 2. The van der Waals surface area contributed by atoms with Gasteiger partial charge < -0.3 is 19.4 Å². The Kier molecular flexibility index (Phi) is 5.10. The van der Waals surface area contributed by atoms with Gasteiger partial charge in [0.05, 0.1) is 6.26 Å². The third-order valence-corrected chi connectivity index (χ3v) is 4.58. The molecule has 3 aromatic rings. The van der Waals surface area contributed by atoms with Crippen LogP contribution in [0, 0.1) is 0 Å². The summed E-state index contributed by atoms with van der Waals surface area (Å²) in [5, 5.41) is 2.84. The Morgan fingerprint density at radius 1 is 1.11 bits per heavy atom. The van der Waals surface area contributed by atoms with E-state index in [1.54, 1.807) is 23.1 Å². The predicted octanol–water partition coefficient (Wildman–Crippen LogP) is 4.24. The van der Waals surface area contributed by atoms with Crippen LogP contribution in [0.25, 0.3) is 0 Å². The van der Waals surface area contributed by atoms with E-state index in [-0.39, 0.29) is 24.2 Å².